The van der Waals surface area contributed by atoms with E-state index in [1.54, 1.807) is 6.07 Å². The Hall–Kier alpha value is -1.83. The van der Waals surface area contributed by atoms with Gasteiger partial charge in [0.1, 0.15) is 17.2 Å². The van der Waals surface area contributed by atoms with E-state index < -0.39 is 0 Å². The second kappa shape index (κ2) is 4.81. The summed E-state index contributed by atoms with van der Waals surface area (Å²) >= 11 is 0. The maximum absolute atomic E-state index is 13.1. The minimum atomic E-state index is -0.220. The summed E-state index contributed by atoms with van der Waals surface area (Å²) in [5.74, 6) is 0.602. The fourth-order valence-electron chi connectivity index (χ4n) is 1.74. The zero-order chi connectivity index (χ0) is 13.2. The number of hydrogen-bond acceptors (Lipinski definition) is 1. The van der Waals surface area contributed by atoms with Crippen molar-refractivity contribution in [1.82, 2.24) is 0 Å². The predicted octanol–water partition coefficient (Wildman–Crippen LogP) is 4.67. The van der Waals surface area contributed by atoms with E-state index in [0.717, 1.165) is 16.9 Å². The molecule has 0 aromatic heterocycles. The molecule has 0 N–H and O–H groups in total. The number of ether oxygens (including phenoxy) is 1. The number of hydrogen-bond donors (Lipinski definition) is 0. The van der Waals surface area contributed by atoms with Gasteiger partial charge in [0.2, 0.25) is 0 Å². The van der Waals surface area contributed by atoms with Crippen LogP contribution in [0.15, 0.2) is 48.5 Å². The van der Waals surface area contributed by atoms with Gasteiger partial charge < -0.3 is 4.74 Å². The molecule has 0 atom stereocenters. The molecule has 18 heavy (non-hydrogen) atoms. The lowest BCUT2D eigenvalue weighted by atomic mass is 10.1. The number of benzene rings is 2. The molecule has 0 heterocycles. The second-order valence-corrected chi connectivity index (χ2v) is 5.25. The van der Waals surface area contributed by atoms with Crippen molar-refractivity contribution in [2.24, 2.45) is 0 Å². The first-order chi connectivity index (χ1) is 8.44. The normalized spacial score (nSPS) is 11.3. The third-order valence-electron chi connectivity index (χ3n) is 2.44. The molecular weight excluding hydrogens is 227 g/mol. The van der Waals surface area contributed by atoms with Crippen LogP contribution in [0.3, 0.4) is 0 Å². The minimum Gasteiger partial charge on any atom is -0.488 e. The highest BCUT2D eigenvalue weighted by Gasteiger charge is 2.11. The molecule has 2 heteroatoms. The summed E-state index contributed by atoms with van der Waals surface area (Å²) < 4.78 is 18.9. The lowest BCUT2D eigenvalue weighted by Gasteiger charge is -2.21. The van der Waals surface area contributed by atoms with Gasteiger partial charge in [-0.3, -0.25) is 0 Å². The van der Waals surface area contributed by atoms with Gasteiger partial charge in [-0.15, -0.1) is 0 Å². The summed E-state index contributed by atoms with van der Waals surface area (Å²) in [4.78, 5) is 0. The Morgan fingerprint density at radius 3 is 2.11 bits per heavy atom. The van der Waals surface area contributed by atoms with Crippen LogP contribution in [0, 0.1) is 5.82 Å². The van der Waals surface area contributed by atoms with Crippen molar-refractivity contribution in [3.63, 3.8) is 0 Å². The number of halogens is 1. The van der Waals surface area contributed by atoms with Gasteiger partial charge >= 0.3 is 0 Å². The maximum Gasteiger partial charge on any atom is 0.123 e. The van der Waals surface area contributed by atoms with Gasteiger partial charge in [0.25, 0.3) is 0 Å². The topological polar surface area (TPSA) is 9.23 Å². The predicted molar refractivity (Wildman–Crippen MR) is 72.2 cm³/mol. The van der Waals surface area contributed by atoms with Crippen molar-refractivity contribution in [3.8, 4) is 16.9 Å². The van der Waals surface area contributed by atoms with Crippen molar-refractivity contribution in [3.05, 3.63) is 54.3 Å². The van der Waals surface area contributed by atoms with Crippen molar-refractivity contribution in [1.29, 1.82) is 0 Å². The monoisotopic (exact) mass is 244 g/mol. The van der Waals surface area contributed by atoms with Crippen molar-refractivity contribution < 1.29 is 9.13 Å². The minimum absolute atomic E-state index is 0.208. The molecule has 94 valence electrons. The Balaban J connectivity index is 2.22. The molecule has 0 amide bonds. The Kier molecular flexibility index (Phi) is 3.37. The van der Waals surface area contributed by atoms with Gasteiger partial charge in [-0.1, -0.05) is 24.3 Å². The second-order valence-electron chi connectivity index (χ2n) is 5.25. The molecule has 0 fully saturated rings. The molecule has 0 spiro atoms. The van der Waals surface area contributed by atoms with Crippen LogP contribution in [-0.2, 0) is 0 Å². The summed E-state index contributed by atoms with van der Waals surface area (Å²) in [6.07, 6.45) is 0. The molecule has 0 aliphatic heterocycles. The van der Waals surface area contributed by atoms with Gasteiger partial charge in [0, 0.05) is 0 Å². The van der Waals surface area contributed by atoms with Crippen LogP contribution in [-0.4, -0.2) is 5.60 Å². The Morgan fingerprint density at radius 2 is 1.56 bits per heavy atom. The van der Waals surface area contributed by atoms with Crippen LogP contribution >= 0.6 is 0 Å². The lowest BCUT2D eigenvalue weighted by molar-refractivity contribution is 0.131. The van der Waals surface area contributed by atoms with Gasteiger partial charge in [0.15, 0.2) is 0 Å². The van der Waals surface area contributed by atoms with Gasteiger partial charge in [-0.2, -0.15) is 0 Å². The Labute approximate surface area is 107 Å². The maximum atomic E-state index is 13.1. The summed E-state index contributed by atoms with van der Waals surface area (Å²) in [5, 5.41) is 0. The summed E-state index contributed by atoms with van der Waals surface area (Å²) in [6.45, 7) is 6.02. The Morgan fingerprint density at radius 1 is 0.889 bits per heavy atom. The fraction of sp³-hybridized carbons (Fsp3) is 0.250. The first kappa shape index (κ1) is 12.6. The first-order valence-corrected chi connectivity index (χ1v) is 5.99. The third-order valence-corrected chi connectivity index (χ3v) is 2.44. The van der Waals surface area contributed by atoms with E-state index >= 15 is 0 Å². The highest BCUT2D eigenvalue weighted by molar-refractivity contribution is 5.64. The van der Waals surface area contributed by atoms with Gasteiger partial charge in [-0.25, -0.2) is 4.39 Å². The van der Waals surface area contributed by atoms with Crippen LogP contribution < -0.4 is 4.74 Å². The largest absolute Gasteiger partial charge is 0.488 e. The molecule has 0 saturated carbocycles. The zero-order valence-corrected chi connectivity index (χ0v) is 10.9. The van der Waals surface area contributed by atoms with E-state index in [2.05, 4.69) is 0 Å². The zero-order valence-electron chi connectivity index (χ0n) is 10.9. The molecule has 0 aliphatic carbocycles. The quantitative estimate of drug-likeness (QED) is 0.746. The van der Waals surface area contributed by atoms with E-state index in [-0.39, 0.29) is 11.4 Å². The van der Waals surface area contributed by atoms with E-state index in [1.165, 1.54) is 12.1 Å². The van der Waals surface area contributed by atoms with Crippen LogP contribution in [0.5, 0.6) is 5.75 Å². The molecule has 2 aromatic rings. The lowest BCUT2D eigenvalue weighted by Crippen LogP contribution is -2.22. The molecule has 1 nitrogen and oxygen atoms in total. The molecule has 0 unspecified atom stereocenters. The summed E-state index contributed by atoms with van der Waals surface area (Å²) in [7, 11) is 0. The first-order valence-electron chi connectivity index (χ1n) is 5.99. The highest BCUT2D eigenvalue weighted by atomic mass is 19.1. The summed E-state index contributed by atoms with van der Waals surface area (Å²) in [5.41, 5.74) is 1.65. The SMILES string of the molecule is CC(C)(C)Oc1ccc(-c2cccc(F)c2)cc1. The molecule has 0 aliphatic rings. The van der Waals surface area contributed by atoms with Crippen LogP contribution in [0.1, 0.15) is 20.8 Å². The van der Waals surface area contributed by atoms with E-state index in [4.69, 9.17) is 4.74 Å². The Bertz CT molecular complexity index is 524. The third kappa shape index (κ3) is 3.33. The molecule has 2 rings (SSSR count). The molecule has 2 aromatic carbocycles. The molecular formula is C16H17FO. The standard InChI is InChI=1S/C16H17FO/c1-16(2,3)18-15-9-7-12(8-10-15)13-5-4-6-14(17)11-13/h4-11H,1-3H3. The van der Waals surface area contributed by atoms with Gasteiger partial charge in [0.05, 0.1) is 0 Å². The molecule has 0 bridgehead atoms. The average Bonchev–Trinajstić information content (AvgIpc) is 2.28. The van der Waals surface area contributed by atoms with Crippen molar-refractivity contribution >= 4 is 0 Å². The van der Waals surface area contributed by atoms with Crippen molar-refractivity contribution in [2.45, 2.75) is 26.4 Å². The fourth-order valence-corrected chi connectivity index (χ4v) is 1.74. The highest BCUT2D eigenvalue weighted by Crippen LogP contribution is 2.24. The van der Waals surface area contributed by atoms with Crippen LogP contribution in [0.25, 0.3) is 11.1 Å². The van der Waals surface area contributed by atoms with Gasteiger partial charge in [-0.05, 0) is 56.2 Å². The van der Waals surface area contributed by atoms with E-state index in [1.807, 2.05) is 51.1 Å². The van der Waals surface area contributed by atoms with E-state index in [0.29, 0.717) is 0 Å². The van der Waals surface area contributed by atoms with Crippen LogP contribution in [0.4, 0.5) is 4.39 Å². The van der Waals surface area contributed by atoms with Crippen LogP contribution in [0.2, 0.25) is 0 Å². The number of rotatable bonds is 2. The summed E-state index contributed by atoms with van der Waals surface area (Å²) in [6, 6.07) is 14.3. The average molecular weight is 244 g/mol. The van der Waals surface area contributed by atoms with E-state index in [9.17, 15) is 4.39 Å². The molecule has 0 radical (unpaired) electrons. The smallest absolute Gasteiger partial charge is 0.123 e. The molecule has 0 saturated heterocycles. The van der Waals surface area contributed by atoms with Crippen molar-refractivity contribution in [2.75, 3.05) is 0 Å².